The van der Waals surface area contributed by atoms with Crippen molar-refractivity contribution in [2.24, 2.45) is 0 Å². The number of nitrogens with zero attached hydrogens (tertiary/aromatic N) is 3. The first-order chi connectivity index (χ1) is 18.3. The first-order valence-electron chi connectivity index (χ1n) is 12.4. The van der Waals surface area contributed by atoms with Crippen molar-refractivity contribution < 1.29 is 28.3 Å². The van der Waals surface area contributed by atoms with Crippen LogP contribution in [0.1, 0.15) is 12.5 Å². The molecule has 3 fully saturated rings. The number of halogens is 1. The van der Waals surface area contributed by atoms with Crippen molar-refractivity contribution in [1.29, 1.82) is 0 Å². The Morgan fingerprint density at radius 3 is 2.37 bits per heavy atom. The highest BCUT2D eigenvalue weighted by Crippen LogP contribution is 2.30. The number of ether oxygens (including phenoxy) is 1. The molecule has 0 radical (unpaired) electrons. The van der Waals surface area contributed by atoms with Crippen LogP contribution in [-0.4, -0.2) is 73.8 Å². The fourth-order valence-electron chi connectivity index (χ4n) is 4.81. The van der Waals surface area contributed by atoms with Crippen LogP contribution in [0.4, 0.5) is 31.0 Å². The first-order valence-corrected chi connectivity index (χ1v) is 13.3. The molecule has 2 aromatic rings. The Morgan fingerprint density at radius 2 is 1.74 bits per heavy atom. The quantitative estimate of drug-likeness (QED) is 0.550. The zero-order valence-electron chi connectivity index (χ0n) is 20.8. The molecule has 0 saturated carbocycles. The highest BCUT2D eigenvalue weighted by atomic mass is 32.2. The molecule has 0 aromatic heterocycles. The number of anilines is 3. The Bertz CT molecular complexity index is 1250. The minimum Gasteiger partial charge on any atom is -0.442 e. The molecule has 3 heterocycles. The molecule has 2 aromatic carbocycles. The number of rotatable bonds is 7. The van der Waals surface area contributed by atoms with E-state index in [1.165, 1.54) is 17.9 Å². The Hall–Kier alpha value is -3.80. The minimum absolute atomic E-state index is 0.209. The molecule has 0 spiro atoms. The van der Waals surface area contributed by atoms with E-state index in [0.29, 0.717) is 44.0 Å². The molecule has 5 rings (SSSR count). The Morgan fingerprint density at radius 1 is 1.05 bits per heavy atom. The molecule has 3 aliphatic heterocycles. The van der Waals surface area contributed by atoms with Crippen LogP contribution in [0.2, 0.25) is 0 Å². The standard InChI is InChI=1S/C26H28FN5O5S/c1-16(33)28-14-20-15-32(26(36)37-20)19-6-7-22(21(27)13-19)31-10-8-30(9-11-31)18-4-2-17(3-5-18)12-23-24(34)29-25(35)38-23/h2-7,13,20,23H,8-12,14-15H2,1H3,(H,28,33)(H,29,34,35)/t20-,23?/m0/s1. The number of piperazine rings is 1. The highest BCUT2D eigenvalue weighted by molar-refractivity contribution is 8.15. The van der Waals surface area contributed by atoms with Crippen molar-refractivity contribution in [3.63, 3.8) is 0 Å². The summed E-state index contributed by atoms with van der Waals surface area (Å²) in [4.78, 5) is 52.1. The number of imide groups is 1. The molecule has 200 valence electrons. The minimum atomic E-state index is -0.564. The normalized spacial score (nSPS) is 21.5. The van der Waals surface area contributed by atoms with Gasteiger partial charge in [0, 0.05) is 38.8 Å². The lowest BCUT2D eigenvalue weighted by Gasteiger charge is -2.37. The molecule has 12 heteroatoms. The van der Waals surface area contributed by atoms with Gasteiger partial charge in [-0.15, -0.1) is 0 Å². The van der Waals surface area contributed by atoms with Crippen LogP contribution < -0.4 is 25.3 Å². The summed E-state index contributed by atoms with van der Waals surface area (Å²) in [6.07, 6.45) is -0.552. The van der Waals surface area contributed by atoms with Crippen molar-refractivity contribution >= 4 is 52.0 Å². The van der Waals surface area contributed by atoms with E-state index in [2.05, 4.69) is 15.5 Å². The number of nitrogens with one attached hydrogen (secondary N) is 2. The number of carbonyl (C=O) groups is 4. The Labute approximate surface area is 223 Å². The summed E-state index contributed by atoms with van der Waals surface area (Å²) in [5, 5.41) is 4.25. The van der Waals surface area contributed by atoms with Gasteiger partial charge in [-0.25, -0.2) is 9.18 Å². The van der Waals surface area contributed by atoms with Gasteiger partial charge in [0.25, 0.3) is 5.24 Å². The van der Waals surface area contributed by atoms with Gasteiger partial charge in [0.1, 0.15) is 11.9 Å². The van der Waals surface area contributed by atoms with E-state index in [-0.39, 0.29) is 35.4 Å². The number of carbonyl (C=O) groups excluding carboxylic acids is 4. The number of cyclic esters (lactones) is 1. The molecule has 1 unspecified atom stereocenters. The van der Waals surface area contributed by atoms with E-state index in [9.17, 15) is 19.2 Å². The van der Waals surface area contributed by atoms with Crippen molar-refractivity contribution in [3.8, 4) is 0 Å². The number of amides is 4. The van der Waals surface area contributed by atoms with Gasteiger partial charge < -0.3 is 19.9 Å². The van der Waals surface area contributed by atoms with Crippen LogP contribution in [0.15, 0.2) is 42.5 Å². The van der Waals surface area contributed by atoms with Gasteiger partial charge in [-0.2, -0.15) is 0 Å². The molecule has 3 saturated heterocycles. The maximum absolute atomic E-state index is 15.1. The largest absolute Gasteiger partial charge is 0.442 e. The lowest BCUT2D eigenvalue weighted by molar-refractivity contribution is -0.120. The maximum atomic E-state index is 15.1. The first kappa shape index (κ1) is 25.8. The zero-order valence-corrected chi connectivity index (χ0v) is 21.6. The van der Waals surface area contributed by atoms with Crippen molar-refractivity contribution in [1.82, 2.24) is 10.6 Å². The highest BCUT2D eigenvalue weighted by Gasteiger charge is 2.33. The van der Waals surface area contributed by atoms with Crippen LogP contribution in [0, 0.1) is 5.82 Å². The molecule has 0 bridgehead atoms. The summed E-state index contributed by atoms with van der Waals surface area (Å²) in [6, 6.07) is 12.7. The predicted molar refractivity (Wildman–Crippen MR) is 142 cm³/mol. The second kappa shape index (κ2) is 10.9. The van der Waals surface area contributed by atoms with Crippen molar-refractivity contribution in [2.75, 3.05) is 54.0 Å². The predicted octanol–water partition coefficient (Wildman–Crippen LogP) is 2.51. The number of hydrogen-bond acceptors (Lipinski definition) is 8. The van der Waals surface area contributed by atoms with E-state index in [1.54, 1.807) is 12.1 Å². The summed E-state index contributed by atoms with van der Waals surface area (Å²) in [6.45, 7) is 4.51. The fraction of sp³-hybridized carbons (Fsp3) is 0.385. The lowest BCUT2D eigenvalue weighted by atomic mass is 10.1. The summed E-state index contributed by atoms with van der Waals surface area (Å²) in [7, 11) is 0. The van der Waals surface area contributed by atoms with Gasteiger partial charge in [0.2, 0.25) is 11.8 Å². The average molecular weight is 542 g/mol. The molecular weight excluding hydrogens is 513 g/mol. The van der Waals surface area contributed by atoms with Crippen LogP contribution in [0.25, 0.3) is 0 Å². The van der Waals surface area contributed by atoms with E-state index in [1.807, 2.05) is 29.2 Å². The molecule has 2 atom stereocenters. The second-order valence-electron chi connectivity index (χ2n) is 9.42. The third-order valence-corrected chi connectivity index (χ3v) is 7.79. The van der Waals surface area contributed by atoms with Crippen LogP contribution in [0.5, 0.6) is 0 Å². The van der Waals surface area contributed by atoms with Gasteiger partial charge in [0.15, 0.2) is 0 Å². The van der Waals surface area contributed by atoms with Gasteiger partial charge >= 0.3 is 6.09 Å². The molecule has 3 aliphatic rings. The van der Waals surface area contributed by atoms with E-state index < -0.39 is 18.0 Å². The van der Waals surface area contributed by atoms with Crippen LogP contribution in [-0.2, 0) is 20.7 Å². The summed E-state index contributed by atoms with van der Waals surface area (Å²) < 4.78 is 20.4. The van der Waals surface area contributed by atoms with Crippen LogP contribution in [0.3, 0.4) is 0 Å². The summed E-state index contributed by atoms with van der Waals surface area (Å²) in [5.74, 6) is -0.864. The third-order valence-electron chi connectivity index (χ3n) is 6.81. The number of thioether (sulfide) groups is 1. The second-order valence-corrected chi connectivity index (χ2v) is 10.6. The third kappa shape index (κ3) is 5.69. The molecule has 2 N–H and O–H groups in total. The molecular formula is C26H28FN5O5S. The molecule has 10 nitrogen and oxygen atoms in total. The summed E-state index contributed by atoms with van der Waals surface area (Å²) >= 11 is 1.03. The van der Waals surface area contributed by atoms with E-state index in [4.69, 9.17) is 4.74 Å². The molecule has 38 heavy (non-hydrogen) atoms. The van der Waals surface area contributed by atoms with Gasteiger partial charge in [-0.05, 0) is 42.3 Å². The van der Waals surface area contributed by atoms with Gasteiger partial charge in [-0.3, -0.25) is 24.6 Å². The van der Waals surface area contributed by atoms with Gasteiger partial charge in [0.05, 0.1) is 29.7 Å². The Balaban J connectivity index is 1.15. The van der Waals surface area contributed by atoms with E-state index >= 15 is 4.39 Å². The Kier molecular flexibility index (Phi) is 7.41. The average Bonchev–Trinajstić information content (AvgIpc) is 3.43. The maximum Gasteiger partial charge on any atom is 0.414 e. The number of hydrogen-bond donors (Lipinski definition) is 2. The number of benzene rings is 2. The topological polar surface area (TPSA) is 111 Å². The van der Waals surface area contributed by atoms with Crippen molar-refractivity contribution in [2.45, 2.75) is 24.7 Å². The van der Waals surface area contributed by atoms with Crippen molar-refractivity contribution in [3.05, 3.63) is 53.8 Å². The molecule has 0 aliphatic carbocycles. The lowest BCUT2D eigenvalue weighted by Crippen LogP contribution is -2.46. The zero-order chi connectivity index (χ0) is 26.8. The summed E-state index contributed by atoms with van der Waals surface area (Å²) in [5.41, 5.74) is 2.93. The van der Waals surface area contributed by atoms with Crippen LogP contribution >= 0.6 is 11.8 Å². The SMILES string of the molecule is CC(=O)NC[C@H]1CN(c2ccc(N3CCN(c4ccc(CC5SC(=O)NC5=O)cc4)CC3)c(F)c2)C(=O)O1. The fourth-order valence-corrected chi connectivity index (χ4v) is 5.67. The van der Waals surface area contributed by atoms with E-state index in [0.717, 1.165) is 23.0 Å². The van der Waals surface area contributed by atoms with Gasteiger partial charge in [-0.1, -0.05) is 23.9 Å². The monoisotopic (exact) mass is 541 g/mol. The smallest absolute Gasteiger partial charge is 0.414 e. The molecule has 4 amide bonds.